The lowest BCUT2D eigenvalue weighted by atomic mass is 9.89. The SMILES string of the molecule is CC(C)(C)S(=O)(=O)NCC1(CBr)CCCC1. The van der Waals surface area contributed by atoms with E-state index in [0.29, 0.717) is 6.54 Å². The lowest BCUT2D eigenvalue weighted by Gasteiger charge is -2.29. The van der Waals surface area contributed by atoms with E-state index in [1.165, 1.54) is 12.8 Å². The van der Waals surface area contributed by atoms with Crippen molar-refractivity contribution >= 4 is 26.0 Å². The summed E-state index contributed by atoms with van der Waals surface area (Å²) in [6.45, 7) is 5.75. The maximum Gasteiger partial charge on any atom is 0.216 e. The van der Waals surface area contributed by atoms with Crippen LogP contribution in [0.1, 0.15) is 46.5 Å². The maximum absolute atomic E-state index is 11.9. The minimum absolute atomic E-state index is 0.137. The van der Waals surface area contributed by atoms with Gasteiger partial charge in [0.15, 0.2) is 0 Å². The van der Waals surface area contributed by atoms with Gasteiger partial charge in [0.2, 0.25) is 10.0 Å². The monoisotopic (exact) mass is 311 g/mol. The summed E-state index contributed by atoms with van der Waals surface area (Å²) in [5.41, 5.74) is 0.137. The quantitative estimate of drug-likeness (QED) is 0.811. The molecule has 0 bridgehead atoms. The Hall–Kier alpha value is 0.390. The first-order valence-electron chi connectivity index (χ1n) is 5.78. The lowest BCUT2D eigenvalue weighted by molar-refractivity contribution is 0.346. The molecule has 1 aliphatic rings. The molecule has 1 fully saturated rings. The molecule has 1 aliphatic carbocycles. The molecule has 0 aromatic heterocycles. The second-order valence-electron chi connectivity index (χ2n) is 5.78. The van der Waals surface area contributed by atoms with Gasteiger partial charge in [-0.15, -0.1) is 0 Å². The van der Waals surface area contributed by atoms with Crippen LogP contribution in [-0.4, -0.2) is 25.0 Å². The Balaban J connectivity index is 2.64. The number of rotatable bonds is 4. The molecular formula is C11H22BrNO2S. The molecule has 0 aliphatic heterocycles. The molecule has 96 valence electrons. The summed E-state index contributed by atoms with van der Waals surface area (Å²) in [5, 5.41) is 0.882. The van der Waals surface area contributed by atoms with Gasteiger partial charge in [-0.2, -0.15) is 0 Å². The van der Waals surface area contributed by atoms with Crippen molar-refractivity contribution in [1.29, 1.82) is 0 Å². The van der Waals surface area contributed by atoms with Crippen LogP contribution in [0, 0.1) is 5.41 Å². The highest BCUT2D eigenvalue weighted by Crippen LogP contribution is 2.39. The van der Waals surface area contributed by atoms with Gasteiger partial charge < -0.3 is 0 Å². The second kappa shape index (κ2) is 4.94. The normalized spacial score (nSPS) is 21.2. The average molecular weight is 312 g/mol. The zero-order chi connectivity index (χ0) is 12.4. The van der Waals surface area contributed by atoms with Crippen molar-refractivity contribution in [1.82, 2.24) is 4.72 Å². The van der Waals surface area contributed by atoms with Gasteiger partial charge in [0.05, 0.1) is 4.75 Å². The standard InChI is InChI=1S/C11H22BrNO2S/c1-10(2,3)16(14,15)13-9-11(8-12)6-4-5-7-11/h13H,4-9H2,1-3H3. The second-order valence-corrected chi connectivity index (χ2v) is 8.86. The zero-order valence-corrected chi connectivity index (χ0v) is 12.7. The minimum atomic E-state index is -3.20. The zero-order valence-electron chi connectivity index (χ0n) is 10.3. The number of hydrogen-bond acceptors (Lipinski definition) is 2. The van der Waals surface area contributed by atoms with Crippen molar-refractivity contribution in [2.45, 2.75) is 51.2 Å². The first kappa shape index (κ1) is 14.5. The van der Waals surface area contributed by atoms with Gasteiger partial charge in [-0.1, -0.05) is 28.8 Å². The minimum Gasteiger partial charge on any atom is -0.214 e. The van der Waals surface area contributed by atoms with Crippen LogP contribution in [0.3, 0.4) is 0 Å². The van der Waals surface area contributed by atoms with Gasteiger partial charge in [0.1, 0.15) is 0 Å². The van der Waals surface area contributed by atoms with E-state index in [1.807, 2.05) is 0 Å². The van der Waals surface area contributed by atoms with E-state index in [1.54, 1.807) is 20.8 Å². The topological polar surface area (TPSA) is 46.2 Å². The van der Waals surface area contributed by atoms with Crippen molar-refractivity contribution in [3.63, 3.8) is 0 Å². The fourth-order valence-electron chi connectivity index (χ4n) is 1.95. The summed E-state index contributed by atoms with van der Waals surface area (Å²) in [6.07, 6.45) is 4.65. The molecular weight excluding hydrogens is 290 g/mol. The smallest absolute Gasteiger partial charge is 0.214 e. The molecule has 1 rings (SSSR count). The van der Waals surface area contributed by atoms with E-state index in [9.17, 15) is 8.42 Å². The van der Waals surface area contributed by atoms with Crippen LogP contribution in [0.2, 0.25) is 0 Å². The van der Waals surface area contributed by atoms with Gasteiger partial charge in [0, 0.05) is 11.9 Å². The predicted molar refractivity (Wildman–Crippen MR) is 71.4 cm³/mol. The first-order chi connectivity index (χ1) is 7.22. The molecule has 0 atom stereocenters. The van der Waals surface area contributed by atoms with Crippen molar-refractivity contribution < 1.29 is 8.42 Å². The summed E-state index contributed by atoms with van der Waals surface area (Å²) >= 11 is 3.52. The van der Waals surface area contributed by atoms with Gasteiger partial charge in [-0.3, -0.25) is 0 Å². The van der Waals surface area contributed by atoms with Gasteiger partial charge in [0.25, 0.3) is 0 Å². The summed E-state index contributed by atoms with van der Waals surface area (Å²) < 4.78 is 25.9. The highest BCUT2D eigenvalue weighted by atomic mass is 79.9. The molecule has 0 saturated heterocycles. The van der Waals surface area contributed by atoms with Gasteiger partial charge in [-0.05, 0) is 39.0 Å². The van der Waals surface area contributed by atoms with E-state index in [-0.39, 0.29) is 5.41 Å². The molecule has 0 heterocycles. The summed E-state index contributed by atoms with van der Waals surface area (Å²) in [5.74, 6) is 0. The van der Waals surface area contributed by atoms with Crippen molar-refractivity contribution in [2.24, 2.45) is 5.41 Å². The first-order valence-corrected chi connectivity index (χ1v) is 8.38. The highest BCUT2D eigenvalue weighted by Gasteiger charge is 2.36. The van der Waals surface area contributed by atoms with Crippen molar-refractivity contribution in [3.8, 4) is 0 Å². The van der Waals surface area contributed by atoms with Crippen molar-refractivity contribution in [2.75, 3.05) is 11.9 Å². The summed E-state index contributed by atoms with van der Waals surface area (Å²) in [6, 6.07) is 0. The van der Waals surface area contributed by atoms with E-state index in [4.69, 9.17) is 0 Å². The van der Waals surface area contributed by atoms with Crippen LogP contribution >= 0.6 is 15.9 Å². The lowest BCUT2D eigenvalue weighted by Crippen LogP contribution is -2.44. The molecule has 16 heavy (non-hydrogen) atoms. The third-order valence-corrected chi connectivity index (χ3v) is 6.72. The van der Waals surface area contributed by atoms with Crippen LogP contribution in [0.15, 0.2) is 0 Å². The van der Waals surface area contributed by atoms with Crippen LogP contribution in [0.5, 0.6) is 0 Å². The molecule has 0 radical (unpaired) electrons. The Labute approximate surface area is 108 Å². The molecule has 0 unspecified atom stereocenters. The summed E-state index contributed by atoms with van der Waals surface area (Å²) in [4.78, 5) is 0. The summed E-state index contributed by atoms with van der Waals surface area (Å²) in [7, 11) is -3.20. The Morgan fingerprint density at radius 2 is 1.75 bits per heavy atom. The predicted octanol–water partition coefficient (Wildman–Crippen LogP) is 2.66. The Bertz CT molecular complexity index is 326. The largest absolute Gasteiger partial charge is 0.216 e. The molecule has 3 nitrogen and oxygen atoms in total. The van der Waals surface area contributed by atoms with E-state index >= 15 is 0 Å². The third kappa shape index (κ3) is 3.20. The number of sulfonamides is 1. The molecule has 5 heteroatoms. The van der Waals surface area contributed by atoms with E-state index < -0.39 is 14.8 Å². The maximum atomic E-state index is 11.9. The van der Waals surface area contributed by atoms with Crippen LogP contribution < -0.4 is 4.72 Å². The number of alkyl halides is 1. The highest BCUT2D eigenvalue weighted by molar-refractivity contribution is 9.09. The average Bonchev–Trinajstić information content (AvgIpc) is 2.62. The number of nitrogens with one attached hydrogen (secondary N) is 1. The van der Waals surface area contributed by atoms with Crippen molar-refractivity contribution in [3.05, 3.63) is 0 Å². The molecule has 1 saturated carbocycles. The molecule has 1 N–H and O–H groups in total. The van der Waals surface area contributed by atoms with Crippen LogP contribution in [-0.2, 0) is 10.0 Å². The Morgan fingerprint density at radius 1 is 1.25 bits per heavy atom. The Morgan fingerprint density at radius 3 is 2.12 bits per heavy atom. The Kier molecular flexibility index (Phi) is 4.46. The van der Waals surface area contributed by atoms with Gasteiger partial charge in [-0.25, -0.2) is 13.1 Å². The number of halogens is 1. The molecule has 0 aromatic rings. The van der Waals surface area contributed by atoms with Crippen LogP contribution in [0.25, 0.3) is 0 Å². The van der Waals surface area contributed by atoms with Gasteiger partial charge >= 0.3 is 0 Å². The van der Waals surface area contributed by atoms with Crippen LogP contribution in [0.4, 0.5) is 0 Å². The third-order valence-electron chi connectivity index (χ3n) is 3.39. The fourth-order valence-corrected chi connectivity index (χ4v) is 3.64. The molecule has 0 spiro atoms. The molecule has 0 amide bonds. The number of hydrogen-bond donors (Lipinski definition) is 1. The van der Waals surface area contributed by atoms with E-state index in [0.717, 1.165) is 18.2 Å². The fraction of sp³-hybridized carbons (Fsp3) is 1.00. The van der Waals surface area contributed by atoms with E-state index in [2.05, 4.69) is 20.7 Å². The molecule has 0 aromatic carbocycles.